The quantitative estimate of drug-likeness (QED) is 0.299. The van der Waals surface area contributed by atoms with Gasteiger partial charge in [-0.1, -0.05) is 67.6 Å². The summed E-state index contributed by atoms with van der Waals surface area (Å²) >= 11 is 0. The summed E-state index contributed by atoms with van der Waals surface area (Å²) < 4.78 is 5.61. The minimum atomic E-state index is -0.666. The van der Waals surface area contributed by atoms with Crippen molar-refractivity contribution >= 4 is 17.4 Å². The molecule has 5 heteroatoms. The molecule has 0 radical (unpaired) electrons. The van der Waals surface area contributed by atoms with E-state index in [9.17, 15) is 14.7 Å². The Bertz CT molecular complexity index is 1140. The number of likely N-dealkylation sites (tertiary alicyclic amines) is 1. The normalized spacial score (nSPS) is 17.4. The van der Waals surface area contributed by atoms with Crippen molar-refractivity contribution in [2.24, 2.45) is 0 Å². The van der Waals surface area contributed by atoms with Gasteiger partial charge < -0.3 is 14.7 Å². The van der Waals surface area contributed by atoms with Crippen molar-refractivity contribution in [3.05, 3.63) is 107 Å². The number of hydrogen-bond acceptors (Lipinski definition) is 4. The number of aliphatic hydroxyl groups excluding tert-OH is 1. The molecule has 3 aromatic carbocycles. The van der Waals surface area contributed by atoms with Crippen LogP contribution in [0.4, 0.5) is 0 Å². The van der Waals surface area contributed by atoms with Gasteiger partial charge in [-0.2, -0.15) is 0 Å². The van der Waals surface area contributed by atoms with E-state index in [0.29, 0.717) is 30.9 Å². The molecule has 0 bridgehead atoms. The van der Waals surface area contributed by atoms with Gasteiger partial charge in [0.1, 0.15) is 11.5 Å². The highest BCUT2D eigenvalue weighted by molar-refractivity contribution is 6.46. The Labute approximate surface area is 193 Å². The highest BCUT2D eigenvalue weighted by Gasteiger charge is 2.45. The van der Waals surface area contributed by atoms with E-state index in [-0.39, 0.29) is 11.3 Å². The molecular formula is C28H27NO4. The second kappa shape index (κ2) is 10.2. The zero-order valence-electron chi connectivity index (χ0n) is 18.6. The molecule has 3 aromatic rings. The Hall–Kier alpha value is -3.86. The van der Waals surface area contributed by atoms with Gasteiger partial charge in [-0.05, 0) is 48.2 Å². The summed E-state index contributed by atoms with van der Waals surface area (Å²) in [6, 6.07) is 25.5. The highest BCUT2D eigenvalue weighted by atomic mass is 16.5. The molecule has 1 heterocycles. The van der Waals surface area contributed by atoms with E-state index in [1.807, 2.05) is 67.6 Å². The maximum Gasteiger partial charge on any atom is 0.295 e. The number of aliphatic hydroxyl groups is 1. The van der Waals surface area contributed by atoms with E-state index in [1.165, 1.54) is 0 Å². The van der Waals surface area contributed by atoms with Crippen LogP contribution in [0.1, 0.15) is 36.1 Å². The summed E-state index contributed by atoms with van der Waals surface area (Å²) in [7, 11) is 0. The number of ketones is 1. The number of benzene rings is 3. The molecule has 168 valence electrons. The molecule has 1 aliphatic rings. The number of hydrogen-bond donors (Lipinski definition) is 1. The third kappa shape index (κ3) is 4.82. The molecule has 1 atom stereocenters. The summed E-state index contributed by atoms with van der Waals surface area (Å²) in [5, 5.41) is 11.1. The Kier molecular flexibility index (Phi) is 6.89. The molecule has 1 fully saturated rings. The van der Waals surface area contributed by atoms with Gasteiger partial charge in [0.05, 0.1) is 18.2 Å². The van der Waals surface area contributed by atoms with E-state index in [2.05, 4.69) is 0 Å². The lowest BCUT2D eigenvalue weighted by Crippen LogP contribution is -2.31. The molecule has 1 N–H and O–H groups in total. The molecule has 4 rings (SSSR count). The fraction of sp³-hybridized carbons (Fsp3) is 0.214. The fourth-order valence-corrected chi connectivity index (χ4v) is 4.07. The summed E-state index contributed by atoms with van der Waals surface area (Å²) in [5.74, 6) is -0.743. The van der Waals surface area contributed by atoms with Crippen molar-refractivity contribution in [1.29, 1.82) is 0 Å². The Morgan fingerprint density at radius 1 is 0.909 bits per heavy atom. The molecule has 1 aliphatic heterocycles. The van der Waals surface area contributed by atoms with Gasteiger partial charge in [-0.25, -0.2) is 0 Å². The molecule has 1 amide bonds. The molecular weight excluding hydrogens is 414 g/mol. The van der Waals surface area contributed by atoms with Crippen molar-refractivity contribution in [3.63, 3.8) is 0 Å². The maximum atomic E-state index is 13.1. The molecule has 0 aromatic heterocycles. The lowest BCUT2D eigenvalue weighted by atomic mass is 9.95. The lowest BCUT2D eigenvalue weighted by molar-refractivity contribution is -0.139. The van der Waals surface area contributed by atoms with E-state index >= 15 is 0 Å². The molecule has 0 aliphatic carbocycles. The van der Waals surface area contributed by atoms with Gasteiger partial charge >= 0.3 is 0 Å². The van der Waals surface area contributed by atoms with E-state index in [1.54, 1.807) is 29.2 Å². The molecule has 1 saturated heterocycles. The van der Waals surface area contributed by atoms with Gasteiger partial charge in [0.2, 0.25) is 0 Å². The summed E-state index contributed by atoms with van der Waals surface area (Å²) in [6.07, 6.45) is 1.51. The first kappa shape index (κ1) is 22.3. The average Bonchev–Trinajstić information content (AvgIpc) is 3.12. The van der Waals surface area contributed by atoms with Gasteiger partial charge in [0.25, 0.3) is 11.7 Å². The third-order valence-corrected chi connectivity index (χ3v) is 5.74. The van der Waals surface area contributed by atoms with Crippen LogP contribution in [0.3, 0.4) is 0 Å². The molecule has 0 spiro atoms. The van der Waals surface area contributed by atoms with Crippen LogP contribution in [0.15, 0.2) is 90.5 Å². The van der Waals surface area contributed by atoms with Gasteiger partial charge in [-0.15, -0.1) is 0 Å². The largest absolute Gasteiger partial charge is 0.507 e. The van der Waals surface area contributed by atoms with Crippen molar-refractivity contribution in [3.8, 4) is 5.75 Å². The predicted octanol–water partition coefficient (Wildman–Crippen LogP) is 5.14. The molecule has 5 nitrogen and oxygen atoms in total. The molecule has 0 saturated carbocycles. The number of Topliss-reactive ketones (excluding diaryl/α,β-unsaturated/α-hetero) is 1. The number of rotatable bonds is 8. The topological polar surface area (TPSA) is 66.8 Å². The Morgan fingerprint density at radius 3 is 2.18 bits per heavy atom. The van der Waals surface area contributed by atoms with E-state index in [4.69, 9.17) is 4.74 Å². The monoisotopic (exact) mass is 441 g/mol. The zero-order valence-corrected chi connectivity index (χ0v) is 18.6. The summed E-state index contributed by atoms with van der Waals surface area (Å²) in [6.45, 7) is 3.00. The first-order valence-corrected chi connectivity index (χ1v) is 11.2. The molecule has 1 unspecified atom stereocenters. The van der Waals surface area contributed by atoms with Crippen LogP contribution in [0, 0.1) is 0 Å². The Morgan fingerprint density at radius 2 is 1.55 bits per heavy atom. The van der Waals surface area contributed by atoms with Crippen LogP contribution in [0.5, 0.6) is 5.75 Å². The number of carbonyl (C=O) groups excluding carboxylic acids is 2. The van der Waals surface area contributed by atoms with Crippen molar-refractivity contribution < 1.29 is 19.4 Å². The van der Waals surface area contributed by atoms with Gasteiger partial charge in [0, 0.05) is 12.1 Å². The number of amides is 1. The van der Waals surface area contributed by atoms with Gasteiger partial charge in [0.15, 0.2) is 0 Å². The minimum Gasteiger partial charge on any atom is -0.507 e. The average molecular weight is 442 g/mol. The summed E-state index contributed by atoms with van der Waals surface area (Å²) in [4.78, 5) is 27.7. The molecule has 33 heavy (non-hydrogen) atoms. The standard InChI is InChI=1S/C28H27NO4/c1-2-19-33-23-15-13-22(14-16-23)26(30)24-25(21-11-7-4-8-12-21)29(28(32)27(24)31)18-17-20-9-5-3-6-10-20/h3-16,25,30H,2,17-19H2,1H3/b26-24+. The summed E-state index contributed by atoms with van der Waals surface area (Å²) in [5.41, 5.74) is 2.45. The van der Waals surface area contributed by atoms with Crippen LogP contribution < -0.4 is 4.74 Å². The van der Waals surface area contributed by atoms with Crippen LogP contribution in [0.25, 0.3) is 5.76 Å². The lowest BCUT2D eigenvalue weighted by Gasteiger charge is -2.25. The fourth-order valence-electron chi connectivity index (χ4n) is 4.07. The third-order valence-electron chi connectivity index (χ3n) is 5.74. The van der Waals surface area contributed by atoms with Crippen molar-refractivity contribution in [2.45, 2.75) is 25.8 Å². The highest BCUT2D eigenvalue weighted by Crippen LogP contribution is 2.39. The van der Waals surface area contributed by atoms with Crippen LogP contribution in [-0.4, -0.2) is 34.8 Å². The van der Waals surface area contributed by atoms with Crippen LogP contribution >= 0.6 is 0 Å². The zero-order chi connectivity index (χ0) is 23.2. The smallest absolute Gasteiger partial charge is 0.295 e. The second-order valence-corrected chi connectivity index (χ2v) is 8.01. The number of nitrogens with zero attached hydrogens (tertiary/aromatic N) is 1. The van der Waals surface area contributed by atoms with E-state index < -0.39 is 17.7 Å². The van der Waals surface area contributed by atoms with Gasteiger partial charge in [-0.3, -0.25) is 9.59 Å². The minimum absolute atomic E-state index is 0.112. The first-order valence-electron chi connectivity index (χ1n) is 11.2. The number of carbonyl (C=O) groups is 2. The SMILES string of the molecule is CCCOc1ccc(/C(O)=C2\C(=O)C(=O)N(CCc3ccccc3)C2c2ccccc2)cc1. The first-order chi connectivity index (χ1) is 16.1. The number of ether oxygens (including phenoxy) is 1. The van der Waals surface area contributed by atoms with Crippen LogP contribution in [0.2, 0.25) is 0 Å². The van der Waals surface area contributed by atoms with Crippen molar-refractivity contribution in [1.82, 2.24) is 4.90 Å². The Balaban J connectivity index is 1.70. The van der Waals surface area contributed by atoms with Crippen LogP contribution in [-0.2, 0) is 16.0 Å². The van der Waals surface area contributed by atoms with Crippen molar-refractivity contribution in [2.75, 3.05) is 13.2 Å². The van der Waals surface area contributed by atoms with E-state index in [0.717, 1.165) is 17.5 Å². The predicted molar refractivity (Wildman–Crippen MR) is 128 cm³/mol. The maximum absolute atomic E-state index is 13.1. The second-order valence-electron chi connectivity index (χ2n) is 8.01.